The molecule has 13 atom stereocenters. The second-order valence-corrected chi connectivity index (χ2v) is 10.0. The number of hydrogen-bond donors (Lipinski definition) is 7. The van der Waals surface area contributed by atoms with Crippen LogP contribution in [-0.4, -0.2) is 116 Å². The van der Waals surface area contributed by atoms with E-state index in [1.54, 1.807) is 0 Å². The number of rotatable bonds is 7. The molecule has 11 nitrogen and oxygen atoms in total. The third kappa shape index (κ3) is 5.87. The lowest BCUT2D eigenvalue weighted by molar-refractivity contribution is -0.374. The number of aliphatic hydroxyl groups is 7. The highest BCUT2D eigenvalue weighted by Gasteiger charge is 2.51. The van der Waals surface area contributed by atoms with Crippen molar-refractivity contribution in [1.29, 1.82) is 0 Å². The van der Waals surface area contributed by atoms with E-state index in [1.165, 1.54) is 0 Å². The van der Waals surface area contributed by atoms with E-state index in [4.69, 9.17) is 18.9 Å². The second-order valence-electron chi connectivity index (χ2n) is 10.0. The van der Waals surface area contributed by atoms with Gasteiger partial charge in [0.25, 0.3) is 0 Å². The summed E-state index contributed by atoms with van der Waals surface area (Å²) >= 11 is 0. The van der Waals surface area contributed by atoms with Crippen molar-refractivity contribution < 1.29 is 54.7 Å². The first-order chi connectivity index (χ1) is 15.6. The molecular formula is C22H40O11. The van der Waals surface area contributed by atoms with Gasteiger partial charge in [0, 0.05) is 0 Å². The smallest absolute Gasteiger partial charge is 0.187 e. The quantitative estimate of drug-likeness (QED) is 0.216. The molecular weight excluding hydrogens is 440 g/mol. The lowest BCUT2D eigenvalue weighted by Crippen LogP contribution is -2.65. The van der Waals surface area contributed by atoms with Crippen molar-refractivity contribution in [1.82, 2.24) is 0 Å². The van der Waals surface area contributed by atoms with Crippen LogP contribution in [0.4, 0.5) is 0 Å². The first-order valence-electron chi connectivity index (χ1n) is 11.8. The summed E-state index contributed by atoms with van der Waals surface area (Å²) in [5, 5.41) is 70.6. The van der Waals surface area contributed by atoms with E-state index in [0.29, 0.717) is 11.8 Å². The minimum absolute atomic E-state index is 0.221. The molecule has 3 aliphatic rings. The molecule has 3 unspecified atom stereocenters. The van der Waals surface area contributed by atoms with E-state index in [9.17, 15) is 35.7 Å². The largest absolute Gasteiger partial charge is 0.394 e. The molecule has 7 N–H and O–H groups in total. The van der Waals surface area contributed by atoms with E-state index in [0.717, 1.165) is 19.3 Å². The van der Waals surface area contributed by atoms with Gasteiger partial charge in [-0.3, -0.25) is 0 Å². The van der Waals surface area contributed by atoms with Crippen molar-refractivity contribution in [2.45, 2.75) is 108 Å². The molecule has 194 valence electrons. The summed E-state index contributed by atoms with van der Waals surface area (Å²) in [4.78, 5) is 0. The topological polar surface area (TPSA) is 179 Å². The van der Waals surface area contributed by atoms with E-state index in [1.807, 2.05) is 0 Å². The molecule has 0 aromatic carbocycles. The number of aliphatic hydroxyl groups excluding tert-OH is 7. The van der Waals surface area contributed by atoms with Crippen molar-refractivity contribution >= 4 is 0 Å². The van der Waals surface area contributed by atoms with E-state index >= 15 is 0 Å². The van der Waals surface area contributed by atoms with Crippen LogP contribution in [0.1, 0.15) is 40.0 Å². The maximum absolute atomic E-state index is 10.8. The third-order valence-electron chi connectivity index (χ3n) is 7.23. The molecule has 0 spiro atoms. The first-order valence-corrected chi connectivity index (χ1v) is 11.8. The molecule has 33 heavy (non-hydrogen) atoms. The maximum Gasteiger partial charge on any atom is 0.187 e. The summed E-state index contributed by atoms with van der Waals surface area (Å²) in [6.07, 6.45) is -11.8. The normalized spacial score (nSPS) is 49.4. The summed E-state index contributed by atoms with van der Waals surface area (Å²) in [6, 6.07) is 0. The second kappa shape index (κ2) is 11.5. The molecule has 0 radical (unpaired) electrons. The Hall–Kier alpha value is -0.440. The lowest BCUT2D eigenvalue weighted by Gasteiger charge is -2.47. The van der Waals surface area contributed by atoms with Gasteiger partial charge in [-0.05, 0) is 30.6 Å². The summed E-state index contributed by atoms with van der Waals surface area (Å²) in [7, 11) is 0. The molecule has 0 aromatic heterocycles. The van der Waals surface area contributed by atoms with Crippen LogP contribution in [0.25, 0.3) is 0 Å². The fourth-order valence-corrected chi connectivity index (χ4v) is 5.09. The van der Waals surface area contributed by atoms with Crippen molar-refractivity contribution in [2.24, 2.45) is 17.8 Å². The average Bonchev–Trinajstić information content (AvgIpc) is 2.78. The molecule has 1 saturated carbocycles. The van der Waals surface area contributed by atoms with Crippen LogP contribution in [0, 0.1) is 17.8 Å². The molecule has 11 heteroatoms. The zero-order valence-corrected chi connectivity index (χ0v) is 19.4. The molecule has 2 heterocycles. The van der Waals surface area contributed by atoms with Gasteiger partial charge in [0.05, 0.1) is 19.3 Å². The van der Waals surface area contributed by atoms with Gasteiger partial charge < -0.3 is 54.7 Å². The van der Waals surface area contributed by atoms with Crippen molar-refractivity contribution in [3.8, 4) is 0 Å². The molecule has 2 aliphatic heterocycles. The van der Waals surface area contributed by atoms with Crippen LogP contribution in [0.5, 0.6) is 0 Å². The highest BCUT2D eigenvalue weighted by Crippen LogP contribution is 2.38. The Balaban J connectivity index is 1.81. The van der Waals surface area contributed by atoms with Gasteiger partial charge in [-0.1, -0.05) is 27.2 Å². The monoisotopic (exact) mass is 480 g/mol. The van der Waals surface area contributed by atoms with Crippen molar-refractivity contribution in [2.75, 3.05) is 13.2 Å². The maximum atomic E-state index is 10.8. The number of hydrogen-bond acceptors (Lipinski definition) is 11. The van der Waals surface area contributed by atoms with Gasteiger partial charge in [0.2, 0.25) is 0 Å². The van der Waals surface area contributed by atoms with Crippen LogP contribution in [0.3, 0.4) is 0 Å². The van der Waals surface area contributed by atoms with E-state index < -0.39 is 74.6 Å². The summed E-state index contributed by atoms with van der Waals surface area (Å²) in [5.74, 6) is 0.983. The van der Waals surface area contributed by atoms with Crippen LogP contribution < -0.4 is 0 Å². The highest BCUT2D eigenvalue weighted by molar-refractivity contribution is 4.94. The van der Waals surface area contributed by atoms with Crippen molar-refractivity contribution in [3.05, 3.63) is 0 Å². The Bertz CT molecular complexity index is 605. The highest BCUT2D eigenvalue weighted by atomic mass is 16.8. The Morgan fingerprint density at radius 3 is 1.91 bits per heavy atom. The summed E-state index contributed by atoms with van der Waals surface area (Å²) in [6.45, 7) is 5.15. The minimum atomic E-state index is -1.69. The van der Waals surface area contributed by atoms with Gasteiger partial charge in [0.15, 0.2) is 12.6 Å². The fourth-order valence-electron chi connectivity index (χ4n) is 5.09. The Labute approximate surface area is 193 Å². The molecule has 3 fully saturated rings. The van der Waals surface area contributed by atoms with Gasteiger partial charge in [-0.2, -0.15) is 0 Å². The Kier molecular flexibility index (Phi) is 9.49. The number of ether oxygens (including phenoxy) is 4. The molecule has 0 bridgehead atoms. The Morgan fingerprint density at radius 2 is 1.33 bits per heavy atom. The van der Waals surface area contributed by atoms with Gasteiger partial charge in [-0.15, -0.1) is 0 Å². The van der Waals surface area contributed by atoms with Gasteiger partial charge >= 0.3 is 0 Å². The zero-order chi connectivity index (χ0) is 24.4. The van der Waals surface area contributed by atoms with E-state index in [2.05, 4.69) is 20.8 Å². The third-order valence-corrected chi connectivity index (χ3v) is 7.23. The van der Waals surface area contributed by atoms with E-state index in [-0.39, 0.29) is 12.0 Å². The van der Waals surface area contributed by atoms with Gasteiger partial charge in [0.1, 0.15) is 48.8 Å². The summed E-state index contributed by atoms with van der Waals surface area (Å²) in [5.41, 5.74) is 0. The summed E-state index contributed by atoms with van der Waals surface area (Å²) < 4.78 is 23.2. The fraction of sp³-hybridized carbons (Fsp3) is 1.00. The molecule has 0 amide bonds. The molecule has 0 aromatic rings. The molecule has 1 aliphatic carbocycles. The molecule has 3 rings (SSSR count). The minimum Gasteiger partial charge on any atom is -0.394 e. The predicted octanol–water partition coefficient (Wildman–Crippen LogP) is -1.91. The Morgan fingerprint density at radius 1 is 0.758 bits per heavy atom. The SMILES string of the molecule is CC1CCC(C(C)C)C(O[C@@H]2O[C@H](CO)[C@@H](O)[C@H](O)[C@H]2O[C@@H]2O[C@H](CO)[C@@H](O)[C@H](O)[C@H]2O)C1. The van der Waals surface area contributed by atoms with Crippen molar-refractivity contribution in [3.63, 3.8) is 0 Å². The lowest BCUT2D eigenvalue weighted by atomic mass is 9.75. The average molecular weight is 481 g/mol. The standard InChI is InChI=1S/C22H40O11/c1-9(2)11-5-4-10(3)6-12(11)30-22-20(18(28)16(26)14(8-24)32-22)33-21-19(29)17(27)15(25)13(7-23)31-21/h9-29H,4-8H2,1-3H3/t10?,11?,12?,13-,14-,15-,16-,17+,18+,19-,20-,21+,22-/m1/s1. The van der Waals surface area contributed by atoms with Crippen LogP contribution >= 0.6 is 0 Å². The predicted molar refractivity (Wildman–Crippen MR) is 113 cm³/mol. The first kappa shape index (κ1) is 27.2. The van der Waals surface area contributed by atoms with Crippen LogP contribution in [0.2, 0.25) is 0 Å². The van der Waals surface area contributed by atoms with Crippen LogP contribution in [0.15, 0.2) is 0 Å². The van der Waals surface area contributed by atoms with Gasteiger partial charge in [-0.25, -0.2) is 0 Å². The van der Waals surface area contributed by atoms with Crippen LogP contribution in [-0.2, 0) is 18.9 Å². The zero-order valence-electron chi connectivity index (χ0n) is 19.4. The molecule has 2 saturated heterocycles.